The molecule has 2 heterocycles. The number of piperidine rings is 1. The second kappa shape index (κ2) is 14.2. The number of aliphatic imine (C=N–C) groups is 1. The third-order valence-electron chi connectivity index (χ3n) is 5.18. The first kappa shape index (κ1) is 23.7. The molecule has 1 N–H and O–H groups in total. The Morgan fingerprint density at radius 2 is 2.00 bits per heavy atom. The molecule has 6 nitrogen and oxygen atoms in total. The predicted octanol–water partition coefficient (Wildman–Crippen LogP) is 4.08. The van der Waals surface area contributed by atoms with E-state index < -0.39 is 0 Å². The molecule has 0 unspecified atom stereocenters. The number of methoxy groups -OCH3 is 1. The summed E-state index contributed by atoms with van der Waals surface area (Å²) >= 11 is 1.86. The molecule has 2 aromatic rings. The summed E-state index contributed by atoms with van der Waals surface area (Å²) in [7, 11) is 1.73. The summed E-state index contributed by atoms with van der Waals surface area (Å²) in [5, 5.41) is 3.58. The summed E-state index contributed by atoms with van der Waals surface area (Å²) in [5.74, 6) is 2.98. The number of ether oxygens (including phenoxy) is 2. The molecular formula is C24H35N3O3S. The molecular weight excluding hydrogens is 410 g/mol. The number of likely N-dealkylation sites (tertiary alicyclic amines) is 1. The molecule has 0 aliphatic carbocycles. The molecule has 0 saturated carbocycles. The van der Waals surface area contributed by atoms with Crippen LogP contribution in [0.4, 0.5) is 0 Å². The van der Waals surface area contributed by atoms with Crippen molar-refractivity contribution < 1.29 is 13.9 Å². The van der Waals surface area contributed by atoms with Crippen molar-refractivity contribution in [2.24, 2.45) is 4.99 Å². The fraction of sp³-hybridized carbons (Fsp3) is 0.542. The summed E-state index contributed by atoms with van der Waals surface area (Å²) in [6.45, 7) is 5.07. The van der Waals surface area contributed by atoms with Crippen molar-refractivity contribution in [3.8, 4) is 0 Å². The average molecular weight is 446 g/mol. The smallest absolute Gasteiger partial charge is 0.193 e. The van der Waals surface area contributed by atoms with Crippen molar-refractivity contribution in [3.05, 3.63) is 54.5 Å². The van der Waals surface area contributed by atoms with Gasteiger partial charge in [0, 0.05) is 63.6 Å². The van der Waals surface area contributed by atoms with E-state index in [2.05, 4.69) is 40.5 Å². The lowest BCUT2D eigenvalue weighted by Gasteiger charge is -2.34. The molecule has 1 aromatic carbocycles. The molecule has 0 spiro atoms. The van der Waals surface area contributed by atoms with Crippen LogP contribution in [0.5, 0.6) is 0 Å². The lowest BCUT2D eigenvalue weighted by Crippen LogP contribution is -2.47. The molecule has 0 bridgehead atoms. The number of benzene rings is 1. The van der Waals surface area contributed by atoms with Crippen LogP contribution in [0, 0.1) is 0 Å². The number of furan rings is 1. The minimum atomic E-state index is 0.339. The number of nitrogens with one attached hydrogen (secondary N) is 1. The Morgan fingerprint density at radius 1 is 1.16 bits per heavy atom. The van der Waals surface area contributed by atoms with Gasteiger partial charge in [-0.15, -0.1) is 11.8 Å². The largest absolute Gasteiger partial charge is 0.469 e. The first-order valence-electron chi connectivity index (χ1n) is 11.2. The van der Waals surface area contributed by atoms with E-state index in [-0.39, 0.29) is 0 Å². The van der Waals surface area contributed by atoms with Gasteiger partial charge in [0.15, 0.2) is 5.96 Å². The molecule has 1 aromatic heterocycles. The maximum atomic E-state index is 6.01. The van der Waals surface area contributed by atoms with Gasteiger partial charge >= 0.3 is 0 Å². The number of hydrogen-bond acceptors (Lipinski definition) is 5. The summed E-state index contributed by atoms with van der Waals surface area (Å²) < 4.78 is 16.6. The molecule has 31 heavy (non-hydrogen) atoms. The summed E-state index contributed by atoms with van der Waals surface area (Å²) in [6, 6.07) is 14.5. The monoisotopic (exact) mass is 445 g/mol. The molecule has 170 valence electrons. The fourth-order valence-corrected chi connectivity index (χ4v) is 4.32. The molecule has 0 radical (unpaired) electrons. The highest BCUT2D eigenvalue weighted by molar-refractivity contribution is 7.99. The Labute approximate surface area is 190 Å². The lowest BCUT2D eigenvalue weighted by molar-refractivity contribution is 0.00991. The first-order valence-corrected chi connectivity index (χ1v) is 12.2. The van der Waals surface area contributed by atoms with Gasteiger partial charge in [-0.05, 0) is 43.5 Å². The highest BCUT2D eigenvalue weighted by atomic mass is 32.2. The number of guanidine groups is 1. The first-order chi connectivity index (χ1) is 15.3. The zero-order valence-electron chi connectivity index (χ0n) is 18.5. The van der Waals surface area contributed by atoms with Crippen LogP contribution in [0.1, 0.15) is 25.0 Å². The van der Waals surface area contributed by atoms with Crippen molar-refractivity contribution in [2.75, 3.05) is 52.3 Å². The normalized spacial score (nSPS) is 15.4. The minimum Gasteiger partial charge on any atom is -0.469 e. The standard InChI is InChI=1S/C24H35N3O3S/c1-28-17-6-19-30-22-11-15-27(16-12-22)24(25-13-10-21-7-5-18-29-21)26-14-20-31-23-8-3-2-4-9-23/h2-5,7-9,18,22H,6,10-17,19-20H2,1H3,(H,25,26). The van der Waals surface area contributed by atoms with Crippen LogP contribution in [0.2, 0.25) is 0 Å². The second-order valence-electron chi connectivity index (χ2n) is 7.53. The molecule has 7 heteroatoms. The zero-order chi connectivity index (χ0) is 21.6. The summed E-state index contributed by atoms with van der Waals surface area (Å²) in [4.78, 5) is 8.55. The van der Waals surface area contributed by atoms with Gasteiger partial charge in [0.05, 0.1) is 12.4 Å². The molecule has 0 atom stereocenters. The topological polar surface area (TPSA) is 59.2 Å². The fourth-order valence-electron chi connectivity index (χ4n) is 3.53. The third kappa shape index (κ3) is 8.97. The van der Waals surface area contributed by atoms with Crippen LogP contribution in [-0.4, -0.2) is 69.2 Å². The lowest BCUT2D eigenvalue weighted by atomic mass is 10.1. The SMILES string of the molecule is COCCCOC1CCN(C(=NCCc2ccco2)NCCSc2ccccc2)CC1. The molecule has 1 aliphatic rings. The van der Waals surface area contributed by atoms with Gasteiger partial charge < -0.3 is 24.1 Å². The number of hydrogen-bond donors (Lipinski definition) is 1. The Balaban J connectivity index is 1.45. The summed E-state index contributed by atoms with van der Waals surface area (Å²) in [6.07, 6.45) is 5.89. The van der Waals surface area contributed by atoms with E-state index in [0.717, 1.165) is 82.5 Å². The Kier molecular flexibility index (Phi) is 10.8. The van der Waals surface area contributed by atoms with Crippen molar-refractivity contribution in [1.29, 1.82) is 0 Å². The molecule has 3 rings (SSSR count). The van der Waals surface area contributed by atoms with Crippen molar-refractivity contribution in [3.63, 3.8) is 0 Å². The summed E-state index contributed by atoms with van der Waals surface area (Å²) in [5.41, 5.74) is 0. The Morgan fingerprint density at radius 3 is 2.74 bits per heavy atom. The van der Waals surface area contributed by atoms with Crippen LogP contribution in [0.25, 0.3) is 0 Å². The maximum absolute atomic E-state index is 6.01. The highest BCUT2D eigenvalue weighted by Crippen LogP contribution is 2.17. The number of thioether (sulfide) groups is 1. The van der Waals surface area contributed by atoms with Gasteiger partial charge in [-0.25, -0.2) is 0 Å². The average Bonchev–Trinajstić information content (AvgIpc) is 3.33. The number of rotatable bonds is 12. The van der Waals surface area contributed by atoms with Gasteiger partial charge in [-0.3, -0.25) is 4.99 Å². The van der Waals surface area contributed by atoms with Crippen LogP contribution in [0.3, 0.4) is 0 Å². The van der Waals surface area contributed by atoms with Gasteiger partial charge in [0.1, 0.15) is 5.76 Å². The van der Waals surface area contributed by atoms with Crippen LogP contribution < -0.4 is 5.32 Å². The third-order valence-corrected chi connectivity index (χ3v) is 6.20. The van der Waals surface area contributed by atoms with Crippen LogP contribution in [-0.2, 0) is 15.9 Å². The van der Waals surface area contributed by atoms with Gasteiger partial charge in [0.2, 0.25) is 0 Å². The van der Waals surface area contributed by atoms with Gasteiger partial charge in [-0.2, -0.15) is 0 Å². The van der Waals surface area contributed by atoms with E-state index in [1.165, 1.54) is 4.90 Å². The van der Waals surface area contributed by atoms with E-state index in [1.807, 2.05) is 23.9 Å². The second-order valence-corrected chi connectivity index (χ2v) is 8.69. The van der Waals surface area contributed by atoms with Gasteiger partial charge in [-0.1, -0.05) is 18.2 Å². The Bertz CT molecular complexity index is 732. The van der Waals surface area contributed by atoms with E-state index in [1.54, 1.807) is 13.4 Å². The molecule has 1 aliphatic heterocycles. The quantitative estimate of drug-likeness (QED) is 0.230. The maximum Gasteiger partial charge on any atom is 0.193 e. The Hall–Kier alpha value is -1.96. The minimum absolute atomic E-state index is 0.339. The van der Waals surface area contributed by atoms with Crippen molar-refractivity contribution >= 4 is 17.7 Å². The molecule has 1 saturated heterocycles. The van der Waals surface area contributed by atoms with E-state index in [0.29, 0.717) is 6.10 Å². The van der Waals surface area contributed by atoms with E-state index in [9.17, 15) is 0 Å². The molecule has 0 amide bonds. The van der Waals surface area contributed by atoms with E-state index in [4.69, 9.17) is 18.9 Å². The molecule has 1 fully saturated rings. The van der Waals surface area contributed by atoms with E-state index >= 15 is 0 Å². The zero-order valence-corrected chi connectivity index (χ0v) is 19.3. The number of nitrogens with zero attached hydrogens (tertiary/aromatic N) is 2. The van der Waals surface area contributed by atoms with Crippen LogP contribution in [0.15, 0.2) is 63.0 Å². The predicted molar refractivity (Wildman–Crippen MR) is 127 cm³/mol. The highest BCUT2D eigenvalue weighted by Gasteiger charge is 2.22. The van der Waals surface area contributed by atoms with Crippen LogP contribution >= 0.6 is 11.8 Å². The van der Waals surface area contributed by atoms with Crippen molar-refractivity contribution in [2.45, 2.75) is 36.7 Å². The van der Waals surface area contributed by atoms with Gasteiger partial charge in [0.25, 0.3) is 0 Å². The van der Waals surface area contributed by atoms with Crippen molar-refractivity contribution in [1.82, 2.24) is 10.2 Å².